The summed E-state index contributed by atoms with van der Waals surface area (Å²) in [5.74, 6) is -0.618. The average molecular weight is 156 g/mol. The van der Waals surface area contributed by atoms with Crippen molar-refractivity contribution >= 4 is 12.3 Å². The number of rotatable bonds is 3. The molecule has 0 aliphatic carbocycles. The third-order valence-corrected chi connectivity index (χ3v) is 1.23. The van der Waals surface area contributed by atoms with Crippen LogP contribution in [0.2, 0.25) is 0 Å². The van der Waals surface area contributed by atoms with E-state index in [4.69, 9.17) is 0 Å². The van der Waals surface area contributed by atoms with Crippen molar-refractivity contribution in [3.8, 4) is 0 Å². The Labute approximate surface area is 66.0 Å². The maximum atomic E-state index is 10.8. The number of aldehydes is 1. The van der Waals surface area contributed by atoms with Crippen LogP contribution < -0.4 is 0 Å². The smallest absolute Gasteiger partial charge is 0.333 e. The van der Waals surface area contributed by atoms with Crippen molar-refractivity contribution in [1.82, 2.24) is 0 Å². The Hall–Kier alpha value is -1.12. The zero-order valence-electron chi connectivity index (χ0n) is 6.96. The van der Waals surface area contributed by atoms with Crippen molar-refractivity contribution in [3.63, 3.8) is 0 Å². The Balaban J connectivity index is 4.20. The molecule has 0 aromatic carbocycles. The van der Waals surface area contributed by atoms with Gasteiger partial charge < -0.3 is 9.53 Å². The Bertz CT molecular complexity index is 182. The van der Waals surface area contributed by atoms with Gasteiger partial charge in [-0.1, -0.05) is 13.0 Å². The average Bonchev–Trinajstić information content (AvgIpc) is 2.02. The van der Waals surface area contributed by atoms with E-state index >= 15 is 0 Å². The molecule has 11 heavy (non-hydrogen) atoms. The van der Waals surface area contributed by atoms with Crippen LogP contribution >= 0.6 is 0 Å². The fourth-order valence-electron chi connectivity index (χ4n) is 0.663. The van der Waals surface area contributed by atoms with Crippen LogP contribution in [-0.4, -0.2) is 19.4 Å². The summed E-state index contributed by atoms with van der Waals surface area (Å²) in [5.41, 5.74) is 0.465. The van der Waals surface area contributed by atoms with E-state index in [1.54, 1.807) is 19.9 Å². The quantitative estimate of drug-likeness (QED) is 0.347. The highest BCUT2D eigenvalue weighted by Gasteiger charge is 2.04. The highest BCUT2D eigenvalue weighted by Crippen LogP contribution is 2.01. The largest absolute Gasteiger partial charge is 0.466 e. The van der Waals surface area contributed by atoms with Crippen LogP contribution in [0.3, 0.4) is 0 Å². The first-order chi connectivity index (χ1) is 5.11. The molecule has 0 heterocycles. The van der Waals surface area contributed by atoms with E-state index in [1.807, 2.05) is 0 Å². The molecule has 0 spiro atoms. The topological polar surface area (TPSA) is 43.4 Å². The second kappa shape index (κ2) is 4.66. The lowest BCUT2D eigenvalue weighted by Crippen LogP contribution is -2.03. The molecule has 0 aromatic rings. The third-order valence-electron chi connectivity index (χ3n) is 1.23. The van der Waals surface area contributed by atoms with Crippen molar-refractivity contribution in [1.29, 1.82) is 0 Å². The Morgan fingerprint density at radius 2 is 2.09 bits per heavy atom. The molecule has 0 rings (SSSR count). The van der Waals surface area contributed by atoms with Gasteiger partial charge in [-0.3, -0.25) is 0 Å². The van der Waals surface area contributed by atoms with E-state index in [-0.39, 0.29) is 5.92 Å². The van der Waals surface area contributed by atoms with Gasteiger partial charge in [0, 0.05) is 11.5 Å². The third kappa shape index (κ3) is 3.55. The maximum Gasteiger partial charge on any atom is 0.333 e. The van der Waals surface area contributed by atoms with Gasteiger partial charge in [0.2, 0.25) is 0 Å². The molecule has 0 aromatic heterocycles. The van der Waals surface area contributed by atoms with Crippen LogP contribution in [0.1, 0.15) is 13.8 Å². The summed E-state index contributed by atoms with van der Waals surface area (Å²) in [6, 6.07) is 0. The Kier molecular flexibility index (Phi) is 4.18. The molecule has 0 N–H and O–H groups in total. The second-order valence-corrected chi connectivity index (χ2v) is 2.34. The molecule has 0 bridgehead atoms. The minimum absolute atomic E-state index is 0.228. The van der Waals surface area contributed by atoms with Gasteiger partial charge in [0.25, 0.3) is 0 Å². The number of carbonyl (C=O) groups excluding carboxylic acids is 2. The van der Waals surface area contributed by atoms with Crippen LogP contribution in [0.25, 0.3) is 0 Å². The summed E-state index contributed by atoms with van der Waals surface area (Å²) in [7, 11) is 1.31. The summed E-state index contributed by atoms with van der Waals surface area (Å²) >= 11 is 0. The van der Waals surface area contributed by atoms with E-state index in [0.29, 0.717) is 5.57 Å². The molecule has 0 amide bonds. The molecule has 0 saturated carbocycles. The lowest BCUT2D eigenvalue weighted by atomic mass is 10.1. The highest BCUT2D eigenvalue weighted by molar-refractivity contribution is 5.88. The first-order valence-electron chi connectivity index (χ1n) is 3.33. The van der Waals surface area contributed by atoms with Crippen LogP contribution in [0.5, 0.6) is 0 Å². The number of methoxy groups -OCH3 is 1. The SMILES string of the molecule is COC(=O)/C(C)=C/[C@H](C)C=O. The maximum absolute atomic E-state index is 10.8. The first-order valence-corrected chi connectivity index (χ1v) is 3.33. The van der Waals surface area contributed by atoms with E-state index in [0.717, 1.165) is 6.29 Å². The summed E-state index contributed by atoms with van der Waals surface area (Å²) in [4.78, 5) is 20.9. The fraction of sp³-hybridized carbons (Fsp3) is 0.500. The van der Waals surface area contributed by atoms with E-state index in [9.17, 15) is 9.59 Å². The molecular formula is C8H12O3. The zero-order chi connectivity index (χ0) is 8.85. The number of carbonyl (C=O) groups is 2. The molecule has 0 aliphatic rings. The molecule has 3 nitrogen and oxygen atoms in total. The minimum atomic E-state index is -0.390. The molecule has 0 fully saturated rings. The molecule has 0 saturated heterocycles. The lowest BCUT2D eigenvalue weighted by molar-refractivity contribution is -0.136. The van der Waals surface area contributed by atoms with Crippen LogP contribution in [0, 0.1) is 5.92 Å². The first kappa shape index (κ1) is 9.88. The standard InChI is InChI=1S/C8H12O3/c1-6(5-9)4-7(2)8(10)11-3/h4-6H,1-3H3/b7-4+/t6-/m0/s1. The number of hydrogen-bond acceptors (Lipinski definition) is 3. The molecule has 0 aliphatic heterocycles. The summed E-state index contributed by atoms with van der Waals surface area (Å²) in [5, 5.41) is 0. The molecule has 3 heteroatoms. The van der Waals surface area contributed by atoms with E-state index in [2.05, 4.69) is 4.74 Å². The molecular weight excluding hydrogens is 144 g/mol. The highest BCUT2D eigenvalue weighted by atomic mass is 16.5. The van der Waals surface area contributed by atoms with Crippen LogP contribution in [0.15, 0.2) is 11.6 Å². The molecule has 0 unspecified atom stereocenters. The minimum Gasteiger partial charge on any atom is -0.466 e. The molecule has 62 valence electrons. The van der Waals surface area contributed by atoms with Gasteiger partial charge in [-0.25, -0.2) is 4.79 Å². The van der Waals surface area contributed by atoms with Gasteiger partial charge in [-0.05, 0) is 6.92 Å². The monoisotopic (exact) mass is 156 g/mol. The van der Waals surface area contributed by atoms with Crippen molar-refractivity contribution in [2.45, 2.75) is 13.8 Å². The predicted molar refractivity (Wildman–Crippen MR) is 41.0 cm³/mol. The van der Waals surface area contributed by atoms with Crippen molar-refractivity contribution < 1.29 is 14.3 Å². The van der Waals surface area contributed by atoms with Crippen molar-refractivity contribution in [2.24, 2.45) is 5.92 Å². The number of allylic oxidation sites excluding steroid dienone is 1. The summed E-state index contributed by atoms with van der Waals surface area (Å²) < 4.78 is 4.43. The number of hydrogen-bond donors (Lipinski definition) is 0. The Morgan fingerprint density at radius 3 is 2.45 bits per heavy atom. The van der Waals surface area contributed by atoms with Gasteiger partial charge in [-0.15, -0.1) is 0 Å². The number of esters is 1. The van der Waals surface area contributed by atoms with Gasteiger partial charge in [0.1, 0.15) is 6.29 Å². The van der Waals surface area contributed by atoms with E-state index < -0.39 is 5.97 Å². The van der Waals surface area contributed by atoms with Crippen LogP contribution in [0.4, 0.5) is 0 Å². The normalized spacial score (nSPS) is 13.9. The fourth-order valence-corrected chi connectivity index (χ4v) is 0.663. The van der Waals surface area contributed by atoms with Crippen molar-refractivity contribution in [2.75, 3.05) is 7.11 Å². The zero-order valence-corrected chi connectivity index (χ0v) is 6.96. The summed E-state index contributed by atoms with van der Waals surface area (Å²) in [6.45, 7) is 3.32. The van der Waals surface area contributed by atoms with Crippen LogP contribution in [-0.2, 0) is 14.3 Å². The number of ether oxygens (including phenoxy) is 1. The van der Waals surface area contributed by atoms with Gasteiger partial charge in [0.05, 0.1) is 7.11 Å². The van der Waals surface area contributed by atoms with Gasteiger partial charge in [-0.2, -0.15) is 0 Å². The van der Waals surface area contributed by atoms with E-state index in [1.165, 1.54) is 7.11 Å². The van der Waals surface area contributed by atoms with Gasteiger partial charge >= 0.3 is 5.97 Å². The lowest BCUT2D eigenvalue weighted by Gasteiger charge is -1.99. The second-order valence-electron chi connectivity index (χ2n) is 2.34. The Morgan fingerprint density at radius 1 is 1.55 bits per heavy atom. The van der Waals surface area contributed by atoms with Crippen molar-refractivity contribution in [3.05, 3.63) is 11.6 Å². The molecule has 1 atom stereocenters. The van der Waals surface area contributed by atoms with Gasteiger partial charge in [0.15, 0.2) is 0 Å². The summed E-state index contributed by atoms with van der Waals surface area (Å²) in [6.07, 6.45) is 2.34. The molecule has 0 radical (unpaired) electrons. The predicted octanol–water partition coefficient (Wildman–Crippen LogP) is 0.941.